The number of unbranched alkanes of at least 4 members (excludes halogenated alkanes) is 12. The predicted octanol–water partition coefficient (Wildman–Crippen LogP) is 9.03. The number of hydrogen-bond acceptors (Lipinski definition) is 2. The number of anilines is 1. The summed E-state index contributed by atoms with van der Waals surface area (Å²) in [6.45, 7) is 2.26. The third-order valence-corrected chi connectivity index (χ3v) is 6.87. The van der Waals surface area contributed by atoms with Gasteiger partial charge < -0.3 is 16.0 Å². The van der Waals surface area contributed by atoms with Crippen molar-refractivity contribution in [2.75, 3.05) is 5.32 Å². The third-order valence-electron chi connectivity index (χ3n) is 5.50. The number of amides is 1. The lowest BCUT2D eigenvalue weighted by Crippen LogP contribution is -2.56. The van der Waals surface area contributed by atoms with Gasteiger partial charge in [0.15, 0.2) is 5.11 Å². The fourth-order valence-electron chi connectivity index (χ4n) is 3.60. The SMILES string of the molecule is CCCCCCCCCCCCCCCC(=O)NC(NC(=S)Nc1cccc(Br)c1)C(Cl)(Cl)Cl. The molecule has 1 atom stereocenters. The monoisotopic (exact) mass is 613 g/mol. The van der Waals surface area contributed by atoms with Crippen molar-refractivity contribution in [2.45, 2.75) is 107 Å². The van der Waals surface area contributed by atoms with E-state index >= 15 is 0 Å². The van der Waals surface area contributed by atoms with E-state index in [0.29, 0.717) is 6.42 Å². The molecule has 0 heterocycles. The number of carbonyl (C=O) groups excluding carboxylic acids is 1. The number of rotatable bonds is 17. The minimum absolute atomic E-state index is 0.169. The molecule has 34 heavy (non-hydrogen) atoms. The smallest absolute Gasteiger partial charge is 0.228 e. The van der Waals surface area contributed by atoms with Gasteiger partial charge in [0.1, 0.15) is 6.17 Å². The molecule has 4 nitrogen and oxygen atoms in total. The van der Waals surface area contributed by atoms with Crippen LogP contribution in [0.2, 0.25) is 0 Å². The van der Waals surface area contributed by atoms with Crippen LogP contribution in [0.3, 0.4) is 0 Å². The molecule has 1 aromatic rings. The number of hydrogen-bond donors (Lipinski definition) is 3. The molecule has 0 aliphatic heterocycles. The highest BCUT2D eigenvalue weighted by Crippen LogP contribution is 2.29. The molecule has 0 aliphatic rings. The molecule has 0 saturated heterocycles. The molecule has 3 N–H and O–H groups in total. The summed E-state index contributed by atoms with van der Waals surface area (Å²) in [5.74, 6) is -0.169. The first kappa shape index (κ1) is 31.8. The van der Waals surface area contributed by atoms with Gasteiger partial charge in [-0.3, -0.25) is 4.79 Å². The molecular formula is C25H39BrCl3N3OS. The molecule has 0 bridgehead atoms. The Morgan fingerprint density at radius 2 is 1.44 bits per heavy atom. The first-order valence-electron chi connectivity index (χ1n) is 12.4. The van der Waals surface area contributed by atoms with Crippen LogP contribution in [0.4, 0.5) is 5.69 Å². The molecule has 1 rings (SSSR count). The minimum atomic E-state index is -1.76. The summed E-state index contributed by atoms with van der Waals surface area (Å²) in [5, 5.41) is 8.89. The van der Waals surface area contributed by atoms with Gasteiger partial charge in [-0.15, -0.1) is 0 Å². The van der Waals surface area contributed by atoms with Crippen molar-refractivity contribution in [3.8, 4) is 0 Å². The van der Waals surface area contributed by atoms with E-state index in [0.717, 1.165) is 29.4 Å². The second-order valence-electron chi connectivity index (χ2n) is 8.64. The van der Waals surface area contributed by atoms with E-state index in [1.165, 1.54) is 64.2 Å². The summed E-state index contributed by atoms with van der Waals surface area (Å²) in [6.07, 6.45) is 15.8. The average molecular weight is 616 g/mol. The Morgan fingerprint density at radius 3 is 1.94 bits per heavy atom. The molecule has 0 aromatic heterocycles. The summed E-state index contributed by atoms with van der Waals surface area (Å²) in [6, 6.07) is 7.50. The van der Waals surface area contributed by atoms with E-state index in [1.54, 1.807) is 0 Å². The maximum Gasteiger partial charge on any atom is 0.228 e. The molecular weight excluding hydrogens is 577 g/mol. The third kappa shape index (κ3) is 16.4. The first-order valence-corrected chi connectivity index (χ1v) is 14.7. The zero-order valence-electron chi connectivity index (χ0n) is 20.1. The van der Waals surface area contributed by atoms with E-state index in [-0.39, 0.29) is 11.0 Å². The van der Waals surface area contributed by atoms with Crippen LogP contribution in [0.1, 0.15) is 96.8 Å². The zero-order chi connectivity index (χ0) is 25.2. The van der Waals surface area contributed by atoms with E-state index < -0.39 is 9.96 Å². The van der Waals surface area contributed by atoms with Crippen LogP contribution in [0.25, 0.3) is 0 Å². The van der Waals surface area contributed by atoms with Gasteiger partial charge in [-0.25, -0.2) is 0 Å². The van der Waals surface area contributed by atoms with E-state index in [4.69, 9.17) is 47.0 Å². The molecule has 9 heteroatoms. The van der Waals surface area contributed by atoms with Gasteiger partial charge in [0.25, 0.3) is 0 Å². The van der Waals surface area contributed by atoms with E-state index in [1.807, 2.05) is 24.3 Å². The van der Waals surface area contributed by atoms with E-state index in [9.17, 15) is 4.79 Å². The van der Waals surface area contributed by atoms with Crippen LogP contribution in [-0.2, 0) is 4.79 Å². The average Bonchev–Trinajstić information content (AvgIpc) is 2.76. The molecule has 0 saturated carbocycles. The lowest BCUT2D eigenvalue weighted by atomic mass is 10.0. The number of benzene rings is 1. The summed E-state index contributed by atoms with van der Waals surface area (Å²) in [4.78, 5) is 12.4. The molecule has 1 unspecified atom stereocenters. The molecule has 0 fully saturated rings. The first-order chi connectivity index (χ1) is 16.2. The van der Waals surface area contributed by atoms with Gasteiger partial charge in [-0.05, 0) is 36.8 Å². The van der Waals surface area contributed by atoms with Crippen LogP contribution in [-0.4, -0.2) is 21.0 Å². The van der Waals surface area contributed by atoms with Crippen molar-refractivity contribution < 1.29 is 4.79 Å². The number of halogens is 4. The summed E-state index contributed by atoms with van der Waals surface area (Å²) >= 11 is 26.9. The quantitative estimate of drug-likeness (QED) is 0.0708. The molecule has 194 valence electrons. The van der Waals surface area contributed by atoms with Gasteiger partial charge in [-0.1, -0.05) is 141 Å². The molecule has 0 radical (unpaired) electrons. The number of alkyl halides is 3. The fourth-order valence-corrected chi connectivity index (χ4v) is 4.56. The Morgan fingerprint density at radius 1 is 0.912 bits per heavy atom. The lowest BCUT2D eigenvalue weighted by molar-refractivity contribution is -0.122. The highest BCUT2D eigenvalue weighted by atomic mass is 79.9. The Kier molecular flexibility index (Phi) is 17.7. The molecule has 1 aromatic carbocycles. The lowest BCUT2D eigenvalue weighted by Gasteiger charge is -2.27. The summed E-state index contributed by atoms with van der Waals surface area (Å²) < 4.78 is -0.848. The standard InChI is InChI=1S/C25H39BrCl3N3OS/c1-2-3-4-5-6-7-8-9-10-11-12-13-14-18-22(33)31-23(25(27,28)29)32-24(34)30-21-17-15-16-20(26)19-21/h15-17,19,23H,2-14,18H2,1H3,(H,31,33)(H2,30,32,34). The number of nitrogens with one attached hydrogen (secondary N) is 3. The van der Waals surface area contributed by atoms with Crippen molar-refractivity contribution in [1.82, 2.24) is 10.6 Å². The Bertz CT molecular complexity index is 719. The Balaban J connectivity index is 2.18. The van der Waals surface area contributed by atoms with Crippen LogP contribution < -0.4 is 16.0 Å². The second-order valence-corrected chi connectivity index (χ2v) is 12.3. The molecule has 0 spiro atoms. The zero-order valence-corrected chi connectivity index (χ0v) is 24.8. The van der Waals surface area contributed by atoms with Crippen LogP contribution in [0.15, 0.2) is 28.7 Å². The summed E-state index contributed by atoms with van der Waals surface area (Å²) in [7, 11) is 0. The van der Waals surface area contributed by atoms with Gasteiger partial charge in [0.05, 0.1) is 0 Å². The molecule has 0 aliphatic carbocycles. The van der Waals surface area contributed by atoms with Crippen molar-refractivity contribution >= 4 is 79.7 Å². The van der Waals surface area contributed by atoms with E-state index in [2.05, 4.69) is 38.8 Å². The Labute approximate surface area is 234 Å². The predicted molar refractivity (Wildman–Crippen MR) is 156 cm³/mol. The molecule has 1 amide bonds. The van der Waals surface area contributed by atoms with Crippen molar-refractivity contribution in [2.24, 2.45) is 0 Å². The normalized spacial score (nSPS) is 12.3. The van der Waals surface area contributed by atoms with Gasteiger partial charge in [0, 0.05) is 16.6 Å². The van der Waals surface area contributed by atoms with Gasteiger partial charge in [0.2, 0.25) is 9.70 Å². The number of carbonyl (C=O) groups is 1. The maximum absolute atomic E-state index is 12.4. The highest BCUT2D eigenvalue weighted by Gasteiger charge is 2.34. The van der Waals surface area contributed by atoms with Gasteiger partial charge in [-0.2, -0.15) is 0 Å². The second kappa shape index (κ2) is 18.9. The maximum atomic E-state index is 12.4. The highest BCUT2D eigenvalue weighted by molar-refractivity contribution is 9.10. The fraction of sp³-hybridized carbons (Fsp3) is 0.680. The van der Waals surface area contributed by atoms with Crippen LogP contribution in [0.5, 0.6) is 0 Å². The van der Waals surface area contributed by atoms with Crippen molar-refractivity contribution in [3.63, 3.8) is 0 Å². The van der Waals surface area contributed by atoms with Crippen LogP contribution >= 0.6 is 63.0 Å². The Hall–Kier alpha value is -0.270. The van der Waals surface area contributed by atoms with Gasteiger partial charge >= 0.3 is 0 Å². The van der Waals surface area contributed by atoms with Crippen molar-refractivity contribution in [1.29, 1.82) is 0 Å². The summed E-state index contributed by atoms with van der Waals surface area (Å²) in [5.41, 5.74) is 0.772. The topological polar surface area (TPSA) is 53.2 Å². The van der Waals surface area contributed by atoms with Crippen LogP contribution in [0, 0.1) is 0 Å². The minimum Gasteiger partial charge on any atom is -0.339 e. The largest absolute Gasteiger partial charge is 0.339 e. The van der Waals surface area contributed by atoms with Crippen molar-refractivity contribution in [3.05, 3.63) is 28.7 Å². The number of thiocarbonyl (C=S) groups is 1.